The van der Waals surface area contributed by atoms with Crippen molar-refractivity contribution in [1.82, 2.24) is 20.4 Å². The highest BCUT2D eigenvalue weighted by Crippen LogP contribution is 2.29. The summed E-state index contributed by atoms with van der Waals surface area (Å²) in [5.74, 6) is -0.257. The van der Waals surface area contributed by atoms with Crippen LogP contribution in [0.5, 0.6) is 0 Å². The molecule has 162 valence electrons. The van der Waals surface area contributed by atoms with E-state index in [1.54, 1.807) is 6.92 Å². The van der Waals surface area contributed by atoms with E-state index in [1.165, 1.54) is 30.2 Å². The summed E-state index contributed by atoms with van der Waals surface area (Å²) < 4.78 is 47.5. The molecule has 8 nitrogen and oxygen atoms in total. The molecule has 0 spiro atoms. The van der Waals surface area contributed by atoms with Crippen LogP contribution in [-0.4, -0.2) is 53.7 Å². The van der Waals surface area contributed by atoms with Gasteiger partial charge in [0, 0.05) is 26.7 Å². The molecule has 30 heavy (non-hydrogen) atoms. The number of nitrogens with one attached hydrogen (secondary N) is 1. The van der Waals surface area contributed by atoms with Crippen molar-refractivity contribution in [1.29, 1.82) is 0 Å². The molecule has 0 saturated heterocycles. The predicted molar refractivity (Wildman–Crippen MR) is 99.8 cm³/mol. The van der Waals surface area contributed by atoms with Crippen molar-refractivity contribution in [2.75, 3.05) is 26.8 Å². The molecule has 0 unspecified atom stereocenters. The van der Waals surface area contributed by atoms with Crippen LogP contribution < -0.4 is 5.32 Å². The van der Waals surface area contributed by atoms with Gasteiger partial charge >= 0.3 is 6.18 Å². The van der Waals surface area contributed by atoms with Crippen LogP contribution in [0.4, 0.5) is 13.2 Å². The lowest BCUT2D eigenvalue weighted by atomic mass is 10.1. The van der Waals surface area contributed by atoms with Crippen molar-refractivity contribution < 1.29 is 32.0 Å². The highest BCUT2D eigenvalue weighted by molar-refractivity contribution is 5.94. The molecule has 0 aliphatic carbocycles. The predicted octanol–water partition coefficient (Wildman–Crippen LogP) is 2.20. The van der Waals surface area contributed by atoms with Crippen LogP contribution in [0.25, 0.3) is 6.08 Å². The van der Waals surface area contributed by atoms with Crippen LogP contribution in [-0.2, 0) is 27.0 Å². The lowest BCUT2D eigenvalue weighted by Crippen LogP contribution is -2.41. The molecule has 1 heterocycles. The Balaban J connectivity index is 1.89. The number of ether oxygens (including phenoxy) is 1. The third-order valence-electron chi connectivity index (χ3n) is 3.90. The van der Waals surface area contributed by atoms with Gasteiger partial charge in [-0.1, -0.05) is 17.3 Å². The van der Waals surface area contributed by atoms with Crippen LogP contribution in [0.15, 0.2) is 34.9 Å². The van der Waals surface area contributed by atoms with Crippen molar-refractivity contribution >= 4 is 17.9 Å². The molecular formula is C19H21F3N4O4. The number of aryl methyl sites for hydroxylation is 1. The number of methoxy groups -OCH3 is 1. The van der Waals surface area contributed by atoms with Crippen LogP contribution in [0.1, 0.15) is 22.8 Å². The van der Waals surface area contributed by atoms with Crippen molar-refractivity contribution in [3.8, 4) is 0 Å². The van der Waals surface area contributed by atoms with Gasteiger partial charge in [-0.2, -0.15) is 18.2 Å². The zero-order valence-electron chi connectivity index (χ0n) is 16.4. The van der Waals surface area contributed by atoms with Gasteiger partial charge in [0.1, 0.15) is 0 Å². The number of alkyl halides is 3. The Hall–Kier alpha value is -3.21. The molecule has 1 N–H and O–H groups in total. The highest BCUT2D eigenvalue weighted by Gasteiger charge is 2.29. The SMILES string of the molecule is COCCN(Cc1noc(C)n1)C(=O)CNC(=O)/C=C/c1ccc(C(F)(F)F)cc1. The Morgan fingerprint density at radius 1 is 1.27 bits per heavy atom. The second-order valence-electron chi connectivity index (χ2n) is 6.21. The normalized spacial score (nSPS) is 11.6. The minimum Gasteiger partial charge on any atom is -0.383 e. The van der Waals surface area contributed by atoms with Gasteiger partial charge in [0.15, 0.2) is 5.82 Å². The van der Waals surface area contributed by atoms with Gasteiger partial charge in [-0.05, 0) is 23.8 Å². The molecule has 2 rings (SSSR count). The van der Waals surface area contributed by atoms with Gasteiger partial charge in [0.05, 0.1) is 25.3 Å². The summed E-state index contributed by atoms with van der Waals surface area (Å²) in [6, 6.07) is 4.34. The number of nitrogens with zero attached hydrogens (tertiary/aromatic N) is 3. The number of rotatable bonds is 9. The summed E-state index contributed by atoms with van der Waals surface area (Å²) in [4.78, 5) is 29.8. The number of aromatic nitrogens is 2. The van der Waals surface area contributed by atoms with Crippen molar-refractivity contribution in [3.05, 3.63) is 53.2 Å². The van der Waals surface area contributed by atoms with Crippen LogP contribution in [0, 0.1) is 6.92 Å². The molecule has 0 atom stereocenters. The first kappa shape index (κ1) is 23.1. The molecule has 0 aliphatic rings. The Morgan fingerprint density at radius 3 is 2.53 bits per heavy atom. The number of hydrogen-bond donors (Lipinski definition) is 1. The van der Waals surface area contributed by atoms with E-state index in [4.69, 9.17) is 9.26 Å². The van der Waals surface area contributed by atoms with E-state index in [9.17, 15) is 22.8 Å². The van der Waals surface area contributed by atoms with Crippen LogP contribution >= 0.6 is 0 Å². The van der Waals surface area contributed by atoms with Gasteiger partial charge in [0.2, 0.25) is 17.7 Å². The van der Waals surface area contributed by atoms with Crippen LogP contribution in [0.3, 0.4) is 0 Å². The molecular weight excluding hydrogens is 405 g/mol. The van der Waals surface area contributed by atoms with E-state index in [-0.39, 0.29) is 32.1 Å². The zero-order chi connectivity index (χ0) is 22.1. The Bertz CT molecular complexity index is 879. The number of amides is 2. The van der Waals surface area contributed by atoms with E-state index in [0.29, 0.717) is 17.3 Å². The first-order chi connectivity index (χ1) is 14.2. The quantitative estimate of drug-likeness (QED) is 0.618. The fourth-order valence-electron chi connectivity index (χ4n) is 2.36. The van der Waals surface area contributed by atoms with E-state index < -0.39 is 17.6 Å². The molecule has 0 fully saturated rings. The van der Waals surface area contributed by atoms with Crippen molar-refractivity contribution in [2.24, 2.45) is 0 Å². The molecule has 0 saturated carbocycles. The third kappa shape index (κ3) is 7.32. The molecule has 0 aliphatic heterocycles. The fourth-order valence-corrected chi connectivity index (χ4v) is 2.36. The van der Waals surface area contributed by atoms with Crippen molar-refractivity contribution in [2.45, 2.75) is 19.6 Å². The van der Waals surface area contributed by atoms with Gasteiger partial charge in [-0.25, -0.2) is 0 Å². The Morgan fingerprint density at radius 2 is 1.97 bits per heavy atom. The summed E-state index contributed by atoms with van der Waals surface area (Å²) in [7, 11) is 1.50. The van der Waals surface area contributed by atoms with Gasteiger partial charge in [-0.3, -0.25) is 9.59 Å². The first-order valence-electron chi connectivity index (χ1n) is 8.88. The second-order valence-corrected chi connectivity index (χ2v) is 6.21. The average molecular weight is 426 g/mol. The van der Waals surface area contributed by atoms with Crippen molar-refractivity contribution in [3.63, 3.8) is 0 Å². The lowest BCUT2D eigenvalue weighted by molar-refractivity contribution is -0.137. The topological polar surface area (TPSA) is 97.6 Å². The maximum Gasteiger partial charge on any atom is 0.416 e. The summed E-state index contributed by atoms with van der Waals surface area (Å²) in [6.07, 6.45) is -1.93. The van der Waals surface area contributed by atoms with Gasteiger partial charge < -0.3 is 19.5 Å². The number of benzene rings is 1. The van der Waals surface area contributed by atoms with E-state index >= 15 is 0 Å². The molecule has 1 aromatic carbocycles. The minimum absolute atomic E-state index is 0.0940. The zero-order valence-corrected chi connectivity index (χ0v) is 16.4. The van der Waals surface area contributed by atoms with E-state index in [0.717, 1.165) is 18.2 Å². The maximum absolute atomic E-state index is 12.6. The third-order valence-corrected chi connectivity index (χ3v) is 3.90. The average Bonchev–Trinajstić information content (AvgIpc) is 3.12. The standard InChI is InChI=1S/C19H21F3N4O4/c1-13-24-16(25-30-13)12-26(9-10-29-2)18(28)11-23-17(27)8-5-14-3-6-15(7-4-14)19(20,21)22/h3-8H,9-12H2,1-2H3,(H,23,27)/b8-5+. The number of carbonyl (C=O) groups is 2. The summed E-state index contributed by atoms with van der Waals surface area (Å²) in [5.41, 5.74) is -0.360. The molecule has 1 aromatic heterocycles. The Kier molecular flexibility index (Phi) is 8.10. The lowest BCUT2D eigenvalue weighted by Gasteiger charge is -2.20. The van der Waals surface area contributed by atoms with E-state index in [2.05, 4.69) is 15.5 Å². The molecule has 0 bridgehead atoms. The molecule has 2 amide bonds. The van der Waals surface area contributed by atoms with E-state index in [1.807, 2.05) is 0 Å². The second kappa shape index (κ2) is 10.5. The van der Waals surface area contributed by atoms with Gasteiger partial charge in [0.25, 0.3) is 0 Å². The number of carbonyl (C=O) groups excluding carboxylic acids is 2. The fraction of sp³-hybridized carbons (Fsp3) is 0.368. The largest absolute Gasteiger partial charge is 0.416 e. The minimum atomic E-state index is -4.42. The molecule has 2 aromatic rings. The monoisotopic (exact) mass is 426 g/mol. The van der Waals surface area contributed by atoms with Gasteiger partial charge in [-0.15, -0.1) is 0 Å². The number of hydrogen-bond acceptors (Lipinski definition) is 6. The summed E-state index contributed by atoms with van der Waals surface area (Å²) in [6.45, 7) is 1.99. The maximum atomic E-state index is 12.6. The Labute approximate surface area is 170 Å². The van der Waals surface area contributed by atoms with Crippen LogP contribution in [0.2, 0.25) is 0 Å². The summed E-state index contributed by atoms with van der Waals surface area (Å²) >= 11 is 0. The molecule has 11 heteroatoms. The first-order valence-corrected chi connectivity index (χ1v) is 8.88. The summed E-state index contributed by atoms with van der Waals surface area (Å²) in [5, 5.41) is 6.17. The highest BCUT2D eigenvalue weighted by atomic mass is 19.4. The smallest absolute Gasteiger partial charge is 0.383 e. The molecule has 0 radical (unpaired) electrons. The number of halogens is 3.